The minimum atomic E-state index is -0.964. The van der Waals surface area contributed by atoms with Crippen molar-refractivity contribution >= 4 is 5.97 Å². The van der Waals surface area contributed by atoms with E-state index in [1.165, 1.54) is 0 Å². The quantitative estimate of drug-likeness (QED) is 0.470. The molecule has 1 heterocycles. The van der Waals surface area contributed by atoms with Crippen molar-refractivity contribution in [1.29, 1.82) is 0 Å². The van der Waals surface area contributed by atoms with Crippen LogP contribution in [0.3, 0.4) is 0 Å². The van der Waals surface area contributed by atoms with Gasteiger partial charge in [-0.15, -0.1) is 0 Å². The molecule has 0 radical (unpaired) electrons. The molecule has 0 amide bonds. The van der Waals surface area contributed by atoms with E-state index in [1.807, 2.05) is 6.92 Å². The van der Waals surface area contributed by atoms with Crippen molar-refractivity contribution in [3.05, 3.63) is 0 Å². The van der Waals surface area contributed by atoms with E-state index >= 15 is 0 Å². The normalized spacial score (nSPS) is 38.1. The summed E-state index contributed by atoms with van der Waals surface area (Å²) in [5, 5.41) is 21.1. The molecule has 3 atom stereocenters. The van der Waals surface area contributed by atoms with Gasteiger partial charge in [-0.2, -0.15) is 0 Å². The summed E-state index contributed by atoms with van der Waals surface area (Å²) < 4.78 is 0. The molecule has 5 nitrogen and oxygen atoms in total. The maximum atomic E-state index is 10.6. The Morgan fingerprint density at radius 3 is 2.75 bits per heavy atom. The van der Waals surface area contributed by atoms with E-state index in [1.54, 1.807) is 11.9 Å². The number of aliphatic hydroxyl groups is 1. The summed E-state index contributed by atoms with van der Waals surface area (Å²) >= 11 is 0. The Labute approximate surface area is 71.0 Å². The average Bonchev–Trinajstić information content (AvgIpc) is 2.00. The standard InChI is InChI=1S/C7H14N2O3/c1-4-8-3-5(7(11)12)6(10)9(4)2/h4-6,8,10H,3H2,1-2H3,(H,11,12). The first kappa shape index (κ1) is 9.44. The van der Waals surface area contributed by atoms with Gasteiger partial charge >= 0.3 is 5.97 Å². The molecule has 1 aliphatic rings. The van der Waals surface area contributed by atoms with Crippen LogP contribution in [0, 0.1) is 5.92 Å². The monoisotopic (exact) mass is 174 g/mol. The topological polar surface area (TPSA) is 72.8 Å². The van der Waals surface area contributed by atoms with E-state index in [9.17, 15) is 9.90 Å². The van der Waals surface area contributed by atoms with Crippen LogP contribution in [0.15, 0.2) is 0 Å². The predicted molar refractivity (Wildman–Crippen MR) is 42.4 cm³/mol. The highest BCUT2D eigenvalue weighted by atomic mass is 16.4. The lowest BCUT2D eigenvalue weighted by Gasteiger charge is -2.38. The number of aliphatic carboxylic acids is 1. The van der Waals surface area contributed by atoms with E-state index in [2.05, 4.69) is 5.32 Å². The highest BCUT2D eigenvalue weighted by Gasteiger charge is 2.35. The van der Waals surface area contributed by atoms with E-state index in [0.717, 1.165) is 0 Å². The van der Waals surface area contributed by atoms with Crippen molar-refractivity contribution in [2.75, 3.05) is 13.6 Å². The second-order valence-corrected chi connectivity index (χ2v) is 3.11. The van der Waals surface area contributed by atoms with Gasteiger partial charge in [0, 0.05) is 6.54 Å². The van der Waals surface area contributed by atoms with Crippen molar-refractivity contribution in [1.82, 2.24) is 10.2 Å². The molecule has 12 heavy (non-hydrogen) atoms. The van der Waals surface area contributed by atoms with E-state index in [4.69, 9.17) is 5.11 Å². The van der Waals surface area contributed by atoms with Crippen molar-refractivity contribution in [3.8, 4) is 0 Å². The molecule has 0 aromatic heterocycles. The van der Waals surface area contributed by atoms with Crippen LogP contribution in [0.5, 0.6) is 0 Å². The number of aliphatic hydroxyl groups excluding tert-OH is 1. The molecular formula is C7H14N2O3. The van der Waals surface area contributed by atoms with Crippen LogP contribution in [0.2, 0.25) is 0 Å². The van der Waals surface area contributed by atoms with Crippen LogP contribution in [0.4, 0.5) is 0 Å². The molecule has 0 aliphatic carbocycles. The Bertz CT molecular complexity index is 185. The highest BCUT2D eigenvalue weighted by Crippen LogP contribution is 2.14. The highest BCUT2D eigenvalue weighted by molar-refractivity contribution is 5.71. The first-order chi connectivity index (χ1) is 5.54. The van der Waals surface area contributed by atoms with E-state index in [0.29, 0.717) is 6.54 Å². The minimum Gasteiger partial charge on any atom is -0.481 e. The fourth-order valence-corrected chi connectivity index (χ4v) is 1.27. The largest absolute Gasteiger partial charge is 0.481 e. The number of nitrogens with zero attached hydrogens (tertiary/aromatic N) is 1. The van der Waals surface area contributed by atoms with Gasteiger partial charge in [0.1, 0.15) is 12.1 Å². The molecule has 70 valence electrons. The molecular weight excluding hydrogens is 160 g/mol. The molecule has 1 aliphatic heterocycles. The zero-order chi connectivity index (χ0) is 9.30. The number of rotatable bonds is 1. The Hall–Kier alpha value is -0.650. The smallest absolute Gasteiger partial charge is 0.311 e. The number of carboxylic acid groups (broad SMARTS) is 1. The summed E-state index contributed by atoms with van der Waals surface area (Å²) in [7, 11) is 1.69. The lowest BCUT2D eigenvalue weighted by atomic mass is 10.0. The third-order valence-corrected chi connectivity index (χ3v) is 2.34. The second-order valence-electron chi connectivity index (χ2n) is 3.11. The summed E-state index contributed by atoms with van der Waals surface area (Å²) in [6.07, 6.45) is -0.866. The molecule has 0 aromatic carbocycles. The summed E-state index contributed by atoms with van der Waals surface area (Å²) in [6.45, 7) is 2.20. The number of hydrogen-bond donors (Lipinski definition) is 3. The summed E-state index contributed by atoms with van der Waals surface area (Å²) in [5.74, 6) is -1.69. The van der Waals surface area contributed by atoms with Gasteiger partial charge in [0.2, 0.25) is 0 Å². The van der Waals surface area contributed by atoms with Crippen LogP contribution >= 0.6 is 0 Å². The van der Waals surface area contributed by atoms with Crippen LogP contribution in [0.1, 0.15) is 6.92 Å². The number of carboxylic acids is 1. The first-order valence-corrected chi connectivity index (χ1v) is 3.90. The number of hydrogen-bond acceptors (Lipinski definition) is 4. The minimum absolute atomic E-state index is 0.0237. The molecule has 0 bridgehead atoms. The molecule has 3 unspecified atom stereocenters. The van der Waals surface area contributed by atoms with Gasteiger partial charge in [0.05, 0.1) is 6.17 Å². The zero-order valence-electron chi connectivity index (χ0n) is 7.19. The van der Waals surface area contributed by atoms with Crippen LogP contribution in [-0.2, 0) is 4.79 Å². The average molecular weight is 174 g/mol. The van der Waals surface area contributed by atoms with Gasteiger partial charge in [-0.3, -0.25) is 9.69 Å². The second kappa shape index (κ2) is 3.38. The number of carbonyl (C=O) groups is 1. The first-order valence-electron chi connectivity index (χ1n) is 3.90. The van der Waals surface area contributed by atoms with Gasteiger partial charge in [-0.25, -0.2) is 0 Å². The molecule has 1 rings (SSSR count). The lowest BCUT2D eigenvalue weighted by molar-refractivity contribution is -0.157. The Kier molecular flexibility index (Phi) is 2.66. The maximum Gasteiger partial charge on any atom is 0.311 e. The van der Waals surface area contributed by atoms with Crippen molar-refractivity contribution in [3.63, 3.8) is 0 Å². The Morgan fingerprint density at radius 2 is 2.25 bits per heavy atom. The molecule has 0 aromatic rings. The zero-order valence-corrected chi connectivity index (χ0v) is 7.19. The maximum absolute atomic E-state index is 10.6. The van der Waals surface area contributed by atoms with Crippen molar-refractivity contribution in [2.45, 2.75) is 19.3 Å². The third-order valence-electron chi connectivity index (χ3n) is 2.34. The summed E-state index contributed by atoms with van der Waals surface area (Å²) in [5.41, 5.74) is 0. The van der Waals surface area contributed by atoms with Gasteiger partial charge in [-0.05, 0) is 14.0 Å². The van der Waals surface area contributed by atoms with Gasteiger partial charge in [0.25, 0.3) is 0 Å². The Balaban J connectivity index is 2.65. The van der Waals surface area contributed by atoms with Crippen LogP contribution in [-0.4, -0.2) is 47.1 Å². The van der Waals surface area contributed by atoms with Gasteiger partial charge < -0.3 is 15.5 Å². The third kappa shape index (κ3) is 1.57. The SMILES string of the molecule is CC1NCC(C(=O)O)C(O)N1C. The van der Waals surface area contributed by atoms with Crippen LogP contribution in [0.25, 0.3) is 0 Å². The summed E-state index contributed by atoms with van der Waals surface area (Å²) in [6, 6.07) is 0. The molecule has 0 saturated carbocycles. The predicted octanol–water partition coefficient (Wildman–Crippen LogP) is -1.11. The number of nitrogens with one attached hydrogen (secondary N) is 1. The van der Waals surface area contributed by atoms with E-state index < -0.39 is 18.1 Å². The lowest BCUT2D eigenvalue weighted by Crippen LogP contribution is -2.59. The van der Waals surface area contributed by atoms with Crippen molar-refractivity contribution in [2.24, 2.45) is 5.92 Å². The molecule has 1 fully saturated rings. The molecule has 1 saturated heterocycles. The molecule has 5 heteroatoms. The van der Waals surface area contributed by atoms with Gasteiger partial charge in [0.15, 0.2) is 0 Å². The van der Waals surface area contributed by atoms with E-state index in [-0.39, 0.29) is 6.17 Å². The molecule has 0 spiro atoms. The van der Waals surface area contributed by atoms with Crippen molar-refractivity contribution < 1.29 is 15.0 Å². The molecule has 3 N–H and O–H groups in total. The fourth-order valence-electron chi connectivity index (χ4n) is 1.27. The van der Waals surface area contributed by atoms with Crippen LogP contribution < -0.4 is 5.32 Å². The fraction of sp³-hybridized carbons (Fsp3) is 0.857. The van der Waals surface area contributed by atoms with Gasteiger partial charge in [-0.1, -0.05) is 0 Å². The Morgan fingerprint density at radius 1 is 1.67 bits per heavy atom. The summed E-state index contributed by atoms with van der Waals surface area (Å²) in [4.78, 5) is 12.2.